The van der Waals surface area contributed by atoms with Crippen LogP contribution in [0.3, 0.4) is 0 Å². The fourth-order valence-corrected chi connectivity index (χ4v) is 1.91. The van der Waals surface area contributed by atoms with E-state index in [4.69, 9.17) is 5.11 Å². The molecule has 0 aromatic heterocycles. The third-order valence-corrected chi connectivity index (χ3v) is 3.41. The first-order valence-electron chi connectivity index (χ1n) is 5.93. The Morgan fingerprint density at radius 2 is 1.80 bits per heavy atom. The predicted molar refractivity (Wildman–Crippen MR) is 83.1 cm³/mol. The van der Waals surface area contributed by atoms with Gasteiger partial charge in [0.15, 0.2) is 0 Å². The minimum atomic E-state index is -1.10. The van der Waals surface area contributed by atoms with Crippen molar-refractivity contribution >= 4 is 39.2 Å². The van der Waals surface area contributed by atoms with Crippen molar-refractivity contribution in [1.82, 2.24) is 0 Å². The van der Waals surface area contributed by atoms with Gasteiger partial charge >= 0.3 is 5.97 Å². The van der Waals surface area contributed by atoms with Gasteiger partial charge in [-0.3, -0.25) is 4.79 Å². The number of benzene rings is 1. The smallest absolute Gasteiger partial charge is 0.331 e. The fourth-order valence-electron chi connectivity index (χ4n) is 1.55. The molecule has 6 heteroatoms. The van der Waals surface area contributed by atoms with Crippen LogP contribution < -0.4 is 10.2 Å². The van der Waals surface area contributed by atoms with Crippen LogP contribution in [0.25, 0.3) is 0 Å². The number of nitrogens with zero attached hydrogens (tertiary/aromatic N) is 1. The minimum Gasteiger partial charge on any atom is -0.478 e. The molecular formula is C14H17BrN2O3. The third-order valence-electron chi connectivity index (χ3n) is 2.91. The molecule has 108 valence electrons. The summed E-state index contributed by atoms with van der Waals surface area (Å²) in [6, 6.07) is 5.51. The van der Waals surface area contributed by atoms with Crippen LogP contribution in [-0.2, 0) is 9.59 Å². The van der Waals surface area contributed by atoms with Gasteiger partial charge in [-0.1, -0.05) is 15.9 Å². The standard InChI is InChI=1S/C14H17BrN2O3/c1-8(9(2)14(19)20)13(18)16-11-7-10(15)5-6-12(11)17(3)4/h5-7H,1-4H3,(H,16,18)(H,19,20). The zero-order valence-electron chi connectivity index (χ0n) is 11.8. The molecule has 0 aliphatic heterocycles. The average molecular weight is 341 g/mol. The van der Waals surface area contributed by atoms with Gasteiger partial charge in [-0.2, -0.15) is 0 Å². The van der Waals surface area contributed by atoms with Crippen molar-refractivity contribution in [1.29, 1.82) is 0 Å². The summed E-state index contributed by atoms with van der Waals surface area (Å²) in [4.78, 5) is 24.8. The molecule has 0 bridgehead atoms. The number of carboxylic acids is 1. The molecule has 0 unspecified atom stereocenters. The summed E-state index contributed by atoms with van der Waals surface area (Å²) >= 11 is 3.35. The van der Waals surface area contributed by atoms with E-state index in [1.54, 1.807) is 6.07 Å². The molecule has 0 heterocycles. The highest BCUT2D eigenvalue weighted by Crippen LogP contribution is 2.28. The Labute approximate surface area is 126 Å². The van der Waals surface area contributed by atoms with Crippen molar-refractivity contribution in [3.05, 3.63) is 33.8 Å². The topological polar surface area (TPSA) is 69.6 Å². The highest BCUT2D eigenvalue weighted by Gasteiger charge is 2.15. The Hall–Kier alpha value is -1.82. The number of amides is 1. The van der Waals surface area contributed by atoms with Gasteiger partial charge in [0.05, 0.1) is 11.4 Å². The van der Waals surface area contributed by atoms with Gasteiger partial charge in [-0.05, 0) is 32.0 Å². The molecule has 0 saturated heterocycles. The van der Waals surface area contributed by atoms with E-state index in [-0.39, 0.29) is 11.1 Å². The normalized spacial score (nSPS) is 11.7. The third kappa shape index (κ3) is 3.84. The number of hydrogen-bond acceptors (Lipinski definition) is 3. The highest BCUT2D eigenvalue weighted by atomic mass is 79.9. The van der Waals surface area contributed by atoms with E-state index < -0.39 is 11.9 Å². The van der Waals surface area contributed by atoms with Crippen LogP contribution in [0.15, 0.2) is 33.8 Å². The monoisotopic (exact) mass is 340 g/mol. The lowest BCUT2D eigenvalue weighted by Gasteiger charge is -2.18. The summed E-state index contributed by atoms with van der Waals surface area (Å²) in [5.74, 6) is -1.52. The number of rotatable bonds is 4. The molecule has 0 spiro atoms. The van der Waals surface area contributed by atoms with Crippen LogP contribution in [0.1, 0.15) is 13.8 Å². The van der Waals surface area contributed by atoms with Crippen LogP contribution in [0.2, 0.25) is 0 Å². The molecule has 20 heavy (non-hydrogen) atoms. The zero-order chi connectivity index (χ0) is 15.4. The molecule has 1 aromatic rings. The highest BCUT2D eigenvalue weighted by molar-refractivity contribution is 9.10. The van der Waals surface area contributed by atoms with Crippen molar-refractivity contribution in [3.63, 3.8) is 0 Å². The van der Waals surface area contributed by atoms with Crippen molar-refractivity contribution in [2.45, 2.75) is 13.8 Å². The molecule has 0 aliphatic carbocycles. The van der Waals surface area contributed by atoms with E-state index >= 15 is 0 Å². The first-order valence-corrected chi connectivity index (χ1v) is 6.72. The lowest BCUT2D eigenvalue weighted by molar-refractivity contribution is -0.133. The second-order valence-electron chi connectivity index (χ2n) is 4.57. The average Bonchev–Trinajstić information content (AvgIpc) is 2.36. The second kappa shape index (κ2) is 6.56. The predicted octanol–water partition coefficient (Wildman–Crippen LogP) is 2.87. The van der Waals surface area contributed by atoms with E-state index in [9.17, 15) is 9.59 Å². The number of aliphatic carboxylic acids is 1. The Kier molecular flexibility index (Phi) is 5.33. The quantitative estimate of drug-likeness (QED) is 0.827. The van der Waals surface area contributed by atoms with E-state index in [1.165, 1.54) is 13.8 Å². The van der Waals surface area contributed by atoms with Crippen LogP contribution in [-0.4, -0.2) is 31.1 Å². The van der Waals surface area contributed by atoms with Gasteiger partial charge in [0.1, 0.15) is 0 Å². The van der Waals surface area contributed by atoms with Crippen molar-refractivity contribution < 1.29 is 14.7 Å². The van der Waals surface area contributed by atoms with Crippen molar-refractivity contribution in [2.24, 2.45) is 0 Å². The SMILES string of the molecule is CC(C(=O)O)=C(C)C(=O)Nc1cc(Br)ccc1N(C)C. The minimum absolute atomic E-state index is 0.0314. The number of carboxylic acid groups (broad SMARTS) is 1. The number of carbonyl (C=O) groups is 2. The molecule has 0 fully saturated rings. The van der Waals surface area contributed by atoms with E-state index in [0.29, 0.717) is 5.69 Å². The lowest BCUT2D eigenvalue weighted by atomic mass is 10.1. The van der Waals surface area contributed by atoms with Gasteiger partial charge in [0.2, 0.25) is 0 Å². The van der Waals surface area contributed by atoms with Gasteiger partial charge in [0.25, 0.3) is 5.91 Å². The molecule has 5 nitrogen and oxygen atoms in total. The molecule has 0 atom stereocenters. The van der Waals surface area contributed by atoms with Crippen LogP contribution >= 0.6 is 15.9 Å². The number of nitrogens with one attached hydrogen (secondary N) is 1. The molecule has 1 amide bonds. The van der Waals surface area contributed by atoms with Crippen LogP contribution in [0.4, 0.5) is 11.4 Å². The van der Waals surface area contributed by atoms with Gasteiger partial charge in [-0.15, -0.1) is 0 Å². The van der Waals surface area contributed by atoms with Crippen LogP contribution in [0, 0.1) is 0 Å². The Morgan fingerprint density at radius 1 is 1.20 bits per heavy atom. The largest absolute Gasteiger partial charge is 0.478 e. The molecule has 0 radical (unpaired) electrons. The molecule has 0 saturated carbocycles. The Bertz CT molecular complexity index is 580. The maximum absolute atomic E-state index is 12.1. The lowest BCUT2D eigenvalue weighted by Crippen LogP contribution is -2.19. The zero-order valence-corrected chi connectivity index (χ0v) is 13.4. The van der Waals surface area contributed by atoms with E-state index in [1.807, 2.05) is 31.1 Å². The van der Waals surface area contributed by atoms with Crippen molar-refractivity contribution in [2.75, 3.05) is 24.3 Å². The van der Waals surface area contributed by atoms with E-state index in [0.717, 1.165) is 10.2 Å². The number of carbonyl (C=O) groups excluding carboxylic acids is 1. The fraction of sp³-hybridized carbons (Fsp3) is 0.286. The summed E-state index contributed by atoms with van der Waals surface area (Å²) in [6.07, 6.45) is 0. The first kappa shape index (κ1) is 16.2. The summed E-state index contributed by atoms with van der Waals surface area (Å²) in [5.41, 5.74) is 1.67. The van der Waals surface area contributed by atoms with Gasteiger partial charge in [0, 0.05) is 29.7 Å². The summed E-state index contributed by atoms with van der Waals surface area (Å²) in [7, 11) is 3.73. The van der Waals surface area contributed by atoms with Crippen molar-refractivity contribution in [3.8, 4) is 0 Å². The maximum Gasteiger partial charge on any atom is 0.331 e. The Balaban J connectivity index is 3.11. The molecule has 1 rings (SSSR count). The first-order chi connectivity index (χ1) is 9.23. The summed E-state index contributed by atoms with van der Waals surface area (Å²) < 4.78 is 0.829. The van der Waals surface area contributed by atoms with Crippen LogP contribution in [0.5, 0.6) is 0 Å². The maximum atomic E-state index is 12.1. The molecule has 2 N–H and O–H groups in total. The molecular weight excluding hydrogens is 324 g/mol. The molecule has 0 aliphatic rings. The summed E-state index contributed by atoms with van der Waals surface area (Å²) in [5, 5.41) is 11.6. The van der Waals surface area contributed by atoms with Gasteiger partial charge < -0.3 is 15.3 Å². The summed E-state index contributed by atoms with van der Waals surface area (Å²) in [6.45, 7) is 2.90. The second-order valence-corrected chi connectivity index (χ2v) is 5.48. The number of hydrogen-bond donors (Lipinski definition) is 2. The number of anilines is 2. The van der Waals surface area contributed by atoms with E-state index in [2.05, 4.69) is 21.2 Å². The van der Waals surface area contributed by atoms with Gasteiger partial charge in [-0.25, -0.2) is 4.79 Å². The molecule has 1 aromatic carbocycles. The number of halogens is 1. The Morgan fingerprint density at radius 3 is 2.30 bits per heavy atom.